The van der Waals surface area contributed by atoms with Crippen molar-refractivity contribution in [2.45, 2.75) is 0 Å². The van der Waals surface area contributed by atoms with Crippen molar-refractivity contribution in [3.05, 3.63) is 33.5 Å². The molecule has 0 spiro atoms. The first-order valence-electron chi connectivity index (χ1n) is 3.79. The molecule has 2 heterocycles. The zero-order valence-corrected chi connectivity index (χ0v) is 10.2. The molecule has 0 fully saturated rings. The predicted octanol–water partition coefficient (Wildman–Crippen LogP) is 2.37. The normalized spacial score (nSPS) is 10.4. The molecule has 0 aromatic carbocycles. The second kappa shape index (κ2) is 3.70. The molecule has 0 bridgehead atoms. The highest BCUT2D eigenvalue weighted by Gasteiger charge is 2.04. The van der Waals surface area contributed by atoms with Gasteiger partial charge in [0.15, 0.2) is 11.6 Å². The molecule has 72 valence electrons. The summed E-state index contributed by atoms with van der Waals surface area (Å²) in [7, 11) is 0. The van der Waals surface area contributed by atoms with Gasteiger partial charge in [-0.25, -0.2) is 9.67 Å². The number of nitrogen functional groups attached to an aromatic ring is 1. The molecular formula is C8H6Br2N4. The molecule has 4 nitrogen and oxygen atoms in total. The highest BCUT2D eigenvalue weighted by Crippen LogP contribution is 2.19. The molecule has 2 rings (SSSR count). The van der Waals surface area contributed by atoms with E-state index >= 15 is 0 Å². The Balaban J connectivity index is 2.44. The number of nitrogens with two attached hydrogens (primary N) is 1. The molecule has 0 aliphatic heterocycles. The lowest BCUT2D eigenvalue weighted by Gasteiger charge is -1.98. The topological polar surface area (TPSA) is 56.7 Å². The number of hydrogen-bond acceptors (Lipinski definition) is 3. The maximum atomic E-state index is 5.59. The van der Waals surface area contributed by atoms with Crippen molar-refractivity contribution in [3.8, 4) is 5.82 Å². The summed E-state index contributed by atoms with van der Waals surface area (Å²) in [4.78, 5) is 4.18. The Labute approximate surface area is 97.4 Å². The highest BCUT2D eigenvalue weighted by atomic mass is 79.9. The second-order valence-corrected chi connectivity index (χ2v) is 4.41. The first-order chi connectivity index (χ1) is 6.66. The molecule has 2 aromatic heterocycles. The maximum absolute atomic E-state index is 5.59. The molecule has 0 unspecified atom stereocenters. The van der Waals surface area contributed by atoms with Crippen LogP contribution in [-0.2, 0) is 0 Å². The van der Waals surface area contributed by atoms with E-state index in [-0.39, 0.29) is 0 Å². The first kappa shape index (κ1) is 9.67. The van der Waals surface area contributed by atoms with E-state index in [0.717, 1.165) is 14.8 Å². The molecule has 0 amide bonds. The smallest absolute Gasteiger partial charge is 0.160 e. The van der Waals surface area contributed by atoms with Gasteiger partial charge in [-0.05, 0) is 44.0 Å². The van der Waals surface area contributed by atoms with Gasteiger partial charge in [0.25, 0.3) is 0 Å². The van der Waals surface area contributed by atoms with E-state index in [0.29, 0.717) is 5.82 Å². The lowest BCUT2D eigenvalue weighted by molar-refractivity contribution is 0.850. The third kappa shape index (κ3) is 1.80. The molecular weight excluding hydrogens is 312 g/mol. The summed E-state index contributed by atoms with van der Waals surface area (Å²) < 4.78 is 3.31. The van der Waals surface area contributed by atoms with E-state index in [4.69, 9.17) is 5.73 Å². The number of halogens is 2. The largest absolute Gasteiger partial charge is 0.381 e. The van der Waals surface area contributed by atoms with E-state index in [1.807, 2.05) is 12.1 Å². The Hall–Kier alpha value is -0.880. The number of rotatable bonds is 1. The van der Waals surface area contributed by atoms with Gasteiger partial charge in [-0.15, -0.1) is 5.10 Å². The summed E-state index contributed by atoms with van der Waals surface area (Å²) in [5.41, 5.74) is 5.59. The van der Waals surface area contributed by atoms with Crippen LogP contribution in [0.5, 0.6) is 0 Å². The molecule has 2 aromatic rings. The average molecular weight is 318 g/mol. The third-order valence-electron chi connectivity index (χ3n) is 1.64. The third-order valence-corrected chi connectivity index (χ3v) is 2.72. The zero-order valence-electron chi connectivity index (χ0n) is 6.98. The van der Waals surface area contributed by atoms with Crippen LogP contribution < -0.4 is 5.73 Å². The van der Waals surface area contributed by atoms with E-state index in [1.165, 1.54) is 0 Å². The summed E-state index contributed by atoms with van der Waals surface area (Å²) in [6, 6.07) is 3.75. The van der Waals surface area contributed by atoms with Gasteiger partial charge in [0.2, 0.25) is 0 Å². The molecule has 0 atom stereocenters. The van der Waals surface area contributed by atoms with Gasteiger partial charge in [-0.3, -0.25) is 0 Å². The molecule has 6 heteroatoms. The van der Waals surface area contributed by atoms with Crippen LogP contribution in [0.25, 0.3) is 5.82 Å². The number of hydrogen-bond donors (Lipinski definition) is 1. The van der Waals surface area contributed by atoms with Crippen molar-refractivity contribution in [1.82, 2.24) is 14.8 Å². The van der Waals surface area contributed by atoms with E-state index < -0.39 is 0 Å². The van der Waals surface area contributed by atoms with Gasteiger partial charge in [0.1, 0.15) is 0 Å². The fraction of sp³-hybridized carbons (Fsp3) is 0. The van der Waals surface area contributed by atoms with Crippen molar-refractivity contribution in [1.29, 1.82) is 0 Å². The molecule has 0 saturated heterocycles. The number of anilines is 1. The van der Waals surface area contributed by atoms with Gasteiger partial charge in [-0.2, -0.15) is 0 Å². The van der Waals surface area contributed by atoms with Gasteiger partial charge in [0.05, 0.1) is 4.47 Å². The molecule has 2 N–H and O–H groups in total. The number of nitrogens with zero attached hydrogens (tertiary/aromatic N) is 3. The zero-order chi connectivity index (χ0) is 10.1. The van der Waals surface area contributed by atoms with Gasteiger partial charge < -0.3 is 5.73 Å². The van der Waals surface area contributed by atoms with Gasteiger partial charge >= 0.3 is 0 Å². The molecule has 0 aliphatic carbocycles. The monoisotopic (exact) mass is 316 g/mol. The Morgan fingerprint density at radius 2 is 2.07 bits per heavy atom. The van der Waals surface area contributed by atoms with Crippen molar-refractivity contribution >= 4 is 37.7 Å². The quantitative estimate of drug-likeness (QED) is 0.878. The molecule has 0 aliphatic rings. The number of aromatic nitrogens is 3. The van der Waals surface area contributed by atoms with E-state index in [2.05, 4.69) is 41.9 Å². The van der Waals surface area contributed by atoms with Gasteiger partial charge in [0, 0.05) is 16.9 Å². The minimum Gasteiger partial charge on any atom is -0.381 e. The van der Waals surface area contributed by atoms with Crippen LogP contribution in [0.1, 0.15) is 0 Å². The van der Waals surface area contributed by atoms with E-state index in [1.54, 1.807) is 17.1 Å². The van der Waals surface area contributed by atoms with E-state index in [9.17, 15) is 0 Å². The van der Waals surface area contributed by atoms with Crippen LogP contribution >= 0.6 is 31.9 Å². The molecule has 0 saturated carbocycles. The lowest BCUT2D eigenvalue weighted by Crippen LogP contribution is -1.98. The maximum Gasteiger partial charge on any atom is 0.160 e. The fourth-order valence-electron chi connectivity index (χ4n) is 0.987. The summed E-state index contributed by atoms with van der Waals surface area (Å²) in [5.74, 6) is 1.18. The van der Waals surface area contributed by atoms with Crippen LogP contribution in [0, 0.1) is 0 Å². The highest BCUT2D eigenvalue weighted by molar-refractivity contribution is 9.10. The summed E-state index contributed by atoms with van der Waals surface area (Å²) >= 11 is 6.59. The summed E-state index contributed by atoms with van der Waals surface area (Å²) in [6.45, 7) is 0. The van der Waals surface area contributed by atoms with Crippen molar-refractivity contribution in [3.63, 3.8) is 0 Å². The number of pyridine rings is 1. The summed E-state index contributed by atoms with van der Waals surface area (Å²) in [5, 5.41) is 4.08. The van der Waals surface area contributed by atoms with Crippen LogP contribution in [0.4, 0.5) is 5.82 Å². The van der Waals surface area contributed by atoms with Crippen LogP contribution in [0.3, 0.4) is 0 Å². The standard InChI is InChI=1S/C8H6Br2N4/c9-5-1-2-7(12-3-5)14-4-6(10)8(11)13-14/h1-4H,(H2,11,13). The fourth-order valence-corrected chi connectivity index (χ4v) is 1.49. The molecule has 14 heavy (non-hydrogen) atoms. The Kier molecular flexibility index (Phi) is 2.56. The minimum absolute atomic E-state index is 0.453. The van der Waals surface area contributed by atoms with Crippen LogP contribution in [0.2, 0.25) is 0 Å². The van der Waals surface area contributed by atoms with Crippen molar-refractivity contribution in [2.24, 2.45) is 0 Å². The Morgan fingerprint density at radius 3 is 2.57 bits per heavy atom. The Bertz CT molecular complexity index is 429. The first-order valence-corrected chi connectivity index (χ1v) is 5.38. The Morgan fingerprint density at radius 1 is 1.29 bits per heavy atom. The second-order valence-electron chi connectivity index (χ2n) is 2.64. The lowest BCUT2D eigenvalue weighted by atomic mass is 10.5. The van der Waals surface area contributed by atoms with Crippen LogP contribution in [0.15, 0.2) is 33.5 Å². The summed E-state index contributed by atoms with van der Waals surface area (Å²) in [6.07, 6.45) is 3.48. The average Bonchev–Trinajstić information content (AvgIpc) is 2.48. The predicted molar refractivity (Wildman–Crippen MR) is 61.2 cm³/mol. The molecule has 0 radical (unpaired) electrons. The van der Waals surface area contributed by atoms with Crippen molar-refractivity contribution in [2.75, 3.05) is 5.73 Å². The van der Waals surface area contributed by atoms with Crippen molar-refractivity contribution < 1.29 is 0 Å². The minimum atomic E-state index is 0.453. The van der Waals surface area contributed by atoms with Crippen LogP contribution in [-0.4, -0.2) is 14.8 Å². The van der Waals surface area contributed by atoms with Gasteiger partial charge in [-0.1, -0.05) is 0 Å². The SMILES string of the molecule is Nc1nn(-c2ccc(Br)cn2)cc1Br.